The number of rotatable bonds is 16. The van der Waals surface area contributed by atoms with Gasteiger partial charge in [0, 0.05) is 12.0 Å². The zero-order valence-electron chi connectivity index (χ0n) is 27.5. The quantitative estimate of drug-likeness (QED) is 0.121. The normalized spacial score (nSPS) is 14.9. The van der Waals surface area contributed by atoms with Crippen molar-refractivity contribution in [2.45, 2.75) is 69.6 Å². The molecule has 1 amide bonds. The fourth-order valence-electron chi connectivity index (χ4n) is 6.61. The molecule has 0 aromatic heterocycles. The van der Waals surface area contributed by atoms with Crippen molar-refractivity contribution >= 4 is 50.3 Å². The Kier molecular flexibility index (Phi) is 13.5. The number of nitrogens with zero attached hydrogens (tertiary/aromatic N) is 2. The van der Waals surface area contributed by atoms with E-state index >= 15 is 0 Å². The average molecular weight is 734 g/mol. The van der Waals surface area contributed by atoms with Crippen molar-refractivity contribution in [2.24, 2.45) is 11.0 Å². The number of halogens is 1. The summed E-state index contributed by atoms with van der Waals surface area (Å²) in [4.78, 5) is 13.3. The first kappa shape index (κ1) is 36.7. The number of anilines is 1. The number of carbonyl (C=O) groups is 1. The highest BCUT2D eigenvalue weighted by Crippen LogP contribution is 2.56. The first-order chi connectivity index (χ1) is 22.3. The van der Waals surface area contributed by atoms with Crippen LogP contribution in [0.3, 0.4) is 0 Å². The molecule has 1 aliphatic heterocycles. The van der Waals surface area contributed by atoms with Crippen molar-refractivity contribution in [1.82, 2.24) is 0 Å². The number of unbranched alkanes of at least 4 members (excludes halogenated alkanes) is 7. The highest BCUT2D eigenvalue weighted by molar-refractivity contribution is 7.95. The molecule has 1 aliphatic rings. The van der Waals surface area contributed by atoms with Crippen molar-refractivity contribution in [1.29, 1.82) is 0 Å². The van der Waals surface area contributed by atoms with Crippen LogP contribution in [-0.2, 0) is 14.6 Å². The fourth-order valence-corrected chi connectivity index (χ4v) is 11.7. The Morgan fingerprint density at radius 2 is 1.13 bits per heavy atom. The average Bonchev–Trinajstić information content (AvgIpc) is 3.37. The second kappa shape index (κ2) is 17.3. The summed E-state index contributed by atoms with van der Waals surface area (Å²) in [5.41, 5.74) is 1.31. The van der Waals surface area contributed by atoms with Gasteiger partial charge in [-0.05, 0) is 80.8 Å². The van der Waals surface area contributed by atoms with Gasteiger partial charge in [0.25, 0.3) is 5.91 Å². The summed E-state index contributed by atoms with van der Waals surface area (Å²) in [6, 6.07) is 39.9. The van der Waals surface area contributed by atoms with Crippen molar-refractivity contribution in [3.8, 4) is 0 Å². The number of hydrogen-bond acceptors (Lipinski definition) is 4. The zero-order valence-corrected chi connectivity index (χ0v) is 30.8. The standard InChI is InChI=1S/C39H46N2O3PS.BrH/c1-32-38(39(42)41(40-32)33-21-20-28-37(31-33)46(2,43)44)29-18-7-5-3-4-6-8-19-30-45(34-22-12-9-13-23-34,35-24-14-10-15-25-35)36-26-16-11-17-27-36;/h9-17,20-28,31,38H,3-8,18-19,29-30H2,1-2H3;1H/q+1;/p-1. The van der Waals surface area contributed by atoms with Gasteiger partial charge in [0.1, 0.15) is 23.2 Å². The number of amides is 1. The molecule has 47 heavy (non-hydrogen) atoms. The van der Waals surface area contributed by atoms with Crippen LogP contribution in [-0.4, -0.2) is 32.5 Å². The lowest BCUT2D eigenvalue weighted by molar-refractivity contribution is -0.119. The topological polar surface area (TPSA) is 66.8 Å². The lowest BCUT2D eigenvalue weighted by atomic mass is 9.96. The molecular formula is C39H46BrN2O3PS. The number of sulfone groups is 1. The monoisotopic (exact) mass is 732 g/mol. The van der Waals surface area contributed by atoms with E-state index in [-0.39, 0.29) is 33.7 Å². The zero-order chi connectivity index (χ0) is 32.4. The van der Waals surface area contributed by atoms with Crippen molar-refractivity contribution in [3.05, 3.63) is 115 Å². The summed E-state index contributed by atoms with van der Waals surface area (Å²) in [5, 5.41) is 10.2. The smallest absolute Gasteiger partial charge is 0.256 e. The summed E-state index contributed by atoms with van der Waals surface area (Å²) >= 11 is 0. The van der Waals surface area contributed by atoms with Crippen LogP contribution in [0.1, 0.15) is 64.7 Å². The van der Waals surface area contributed by atoms with E-state index in [4.69, 9.17) is 0 Å². The van der Waals surface area contributed by atoms with Gasteiger partial charge >= 0.3 is 0 Å². The van der Waals surface area contributed by atoms with Crippen LogP contribution in [0.15, 0.2) is 125 Å². The van der Waals surface area contributed by atoms with Crippen LogP contribution in [0, 0.1) is 5.92 Å². The molecule has 0 saturated carbocycles. The molecule has 8 heteroatoms. The molecule has 5 nitrogen and oxygen atoms in total. The molecule has 0 saturated heterocycles. The maximum Gasteiger partial charge on any atom is 0.256 e. The lowest BCUT2D eigenvalue weighted by Crippen LogP contribution is -3.00. The van der Waals surface area contributed by atoms with Crippen LogP contribution in [0.4, 0.5) is 5.69 Å². The van der Waals surface area contributed by atoms with Gasteiger partial charge in [0.05, 0.1) is 22.7 Å². The van der Waals surface area contributed by atoms with Crippen LogP contribution < -0.4 is 37.9 Å². The molecule has 0 aliphatic carbocycles. The van der Waals surface area contributed by atoms with Crippen molar-refractivity contribution in [2.75, 3.05) is 17.4 Å². The van der Waals surface area contributed by atoms with Gasteiger partial charge in [-0.3, -0.25) is 4.79 Å². The van der Waals surface area contributed by atoms with Crippen molar-refractivity contribution < 1.29 is 30.2 Å². The molecule has 4 aromatic carbocycles. The molecule has 0 spiro atoms. The van der Waals surface area contributed by atoms with Gasteiger partial charge in [0.15, 0.2) is 9.84 Å². The van der Waals surface area contributed by atoms with E-state index in [1.807, 2.05) is 6.92 Å². The lowest BCUT2D eigenvalue weighted by Gasteiger charge is -2.27. The highest BCUT2D eigenvalue weighted by Gasteiger charge is 2.44. The molecule has 0 bridgehead atoms. The molecule has 1 atom stereocenters. The van der Waals surface area contributed by atoms with E-state index in [1.54, 1.807) is 18.2 Å². The number of hydrogen-bond donors (Lipinski definition) is 0. The molecule has 4 aromatic rings. The van der Waals surface area contributed by atoms with Gasteiger partial charge in [-0.1, -0.05) is 99.2 Å². The number of hydrazone groups is 1. The summed E-state index contributed by atoms with van der Waals surface area (Å²) in [6.07, 6.45) is 12.5. The fraction of sp³-hybridized carbons (Fsp3) is 0.333. The van der Waals surface area contributed by atoms with E-state index in [2.05, 4.69) is 96.1 Å². The minimum Gasteiger partial charge on any atom is -1.00 e. The summed E-state index contributed by atoms with van der Waals surface area (Å²) < 4.78 is 23.9. The number of carbonyl (C=O) groups excluding carboxylic acids is 1. The Labute approximate surface area is 292 Å². The predicted octanol–water partition coefficient (Wildman–Crippen LogP) is 4.94. The molecule has 0 N–H and O–H groups in total. The van der Waals surface area contributed by atoms with Crippen LogP contribution in [0.2, 0.25) is 0 Å². The molecule has 248 valence electrons. The summed E-state index contributed by atoms with van der Waals surface area (Å²) in [7, 11) is -5.10. The van der Waals surface area contributed by atoms with E-state index in [9.17, 15) is 13.2 Å². The second-order valence-electron chi connectivity index (χ2n) is 12.4. The molecule has 1 unspecified atom stereocenters. The van der Waals surface area contributed by atoms with Crippen LogP contribution in [0.5, 0.6) is 0 Å². The summed E-state index contributed by atoms with van der Waals surface area (Å²) in [5.74, 6) is -0.298. The Hall–Kier alpha value is -3.12. The molecule has 1 heterocycles. The molecule has 0 fully saturated rings. The maximum absolute atomic E-state index is 13.2. The Morgan fingerprint density at radius 1 is 0.660 bits per heavy atom. The SMILES string of the molecule is CC1=NN(c2cccc(S(C)(=O)=O)c2)C(=O)C1CCCCCCCCCC[P+](c1ccccc1)(c1ccccc1)c1ccccc1.[Br-]. The second-order valence-corrected chi connectivity index (χ2v) is 18.0. The van der Waals surface area contributed by atoms with Gasteiger partial charge < -0.3 is 17.0 Å². The first-order valence-electron chi connectivity index (χ1n) is 16.5. The third-order valence-electron chi connectivity index (χ3n) is 9.09. The Bertz CT molecular complexity index is 1620. The summed E-state index contributed by atoms with van der Waals surface area (Å²) in [6.45, 7) is 1.90. The molecule has 5 rings (SSSR count). The highest BCUT2D eigenvalue weighted by atomic mass is 79.9. The minimum absolute atomic E-state index is 0. The van der Waals surface area contributed by atoms with Crippen LogP contribution in [0.25, 0.3) is 0 Å². The van der Waals surface area contributed by atoms with E-state index < -0.39 is 17.1 Å². The van der Waals surface area contributed by atoms with E-state index in [0.29, 0.717) is 5.69 Å². The largest absolute Gasteiger partial charge is 1.00 e. The Balaban J connectivity index is 0.00000500. The van der Waals surface area contributed by atoms with E-state index in [0.717, 1.165) is 25.0 Å². The van der Waals surface area contributed by atoms with Crippen molar-refractivity contribution in [3.63, 3.8) is 0 Å². The van der Waals surface area contributed by atoms with E-state index in [1.165, 1.54) is 77.9 Å². The van der Waals surface area contributed by atoms with Crippen LogP contribution >= 0.6 is 7.26 Å². The Morgan fingerprint density at radius 3 is 1.62 bits per heavy atom. The molecule has 0 radical (unpaired) electrons. The third kappa shape index (κ3) is 9.07. The number of benzene rings is 4. The van der Waals surface area contributed by atoms with Gasteiger partial charge in [-0.15, -0.1) is 0 Å². The minimum atomic E-state index is -3.36. The predicted molar refractivity (Wildman–Crippen MR) is 195 cm³/mol. The third-order valence-corrected chi connectivity index (χ3v) is 14.7. The van der Waals surface area contributed by atoms with Gasteiger partial charge in [-0.2, -0.15) is 5.10 Å². The molecular weight excluding hydrogens is 687 g/mol. The maximum atomic E-state index is 13.2. The van der Waals surface area contributed by atoms with Gasteiger partial charge in [-0.25, -0.2) is 13.4 Å². The first-order valence-corrected chi connectivity index (χ1v) is 20.4. The van der Waals surface area contributed by atoms with Gasteiger partial charge in [0.2, 0.25) is 0 Å².